The van der Waals surface area contributed by atoms with Crippen LogP contribution in [-0.4, -0.2) is 58.2 Å². The number of morpholine rings is 1. The molecule has 2 amide bonds. The number of aromatic amines is 1. The molecule has 1 fully saturated rings. The molecule has 2 N–H and O–H groups in total. The predicted molar refractivity (Wildman–Crippen MR) is 126 cm³/mol. The monoisotopic (exact) mass is 441 g/mol. The largest absolute Gasteiger partial charge is 0.378 e. The Hall–Kier alpha value is -4.04. The number of rotatable bonds is 4. The Morgan fingerprint density at radius 2 is 1.76 bits per heavy atom. The molecule has 0 atom stereocenters. The highest BCUT2D eigenvalue weighted by molar-refractivity contribution is 5.97. The zero-order valence-corrected chi connectivity index (χ0v) is 18.2. The smallest absolute Gasteiger partial charge is 0.254 e. The number of carbonyl (C=O) groups excluding carboxylic acids is 2. The summed E-state index contributed by atoms with van der Waals surface area (Å²) in [6, 6.07) is 17.6. The van der Waals surface area contributed by atoms with Crippen molar-refractivity contribution in [2.75, 3.05) is 31.6 Å². The summed E-state index contributed by atoms with van der Waals surface area (Å²) in [6.45, 7) is 3.88. The molecule has 33 heavy (non-hydrogen) atoms. The second-order valence-electron chi connectivity index (χ2n) is 7.94. The van der Waals surface area contributed by atoms with Crippen LogP contribution in [0.3, 0.4) is 0 Å². The Balaban J connectivity index is 1.43. The quantitative estimate of drug-likeness (QED) is 0.503. The van der Waals surface area contributed by atoms with Gasteiger partial charge in [0.15, 0.2) is 5.65 Å². The number of pyridine rings is 1. The lowest BCUT2D eigenvalue weighted by molar-refractivity contribution is -0.114. The van der Waals surface area contributed by atoms with Gasteiger partial charge in [0.1, 0.15) is 0 Å². The number of hydrogen-bond acceptors (Lipinski definition) is 5. The lowest BCUT2D eigenvalue weighted by Crippen LogP contribution is -2.40. The molecule has 8 nitrogen and oxygen atoms in total. The molecule has 3 heterocycles. The van der Waals surface area contributed by atoms with Gasteiger partial charge in [-0.25, -0.2) is 4.98 Å². The average molecular weight is 441 g/mol. The fourth-order valence-electron chi connectivity index (χ4n) is 4.00. The van der Waals surface area contributed by atoms with E-state index in [9.17, 15) is 9.59 Å². The number of aromatic nitrogens is 3. The molecule has 0 saturated carbocycles. The first-order valence-electron chi connectivity index (χ1n) is 10.8. The maximum Gasteiger partial charge on any atom is 0.254 e. The number of H-pyrrole nitrogens is 1. The van der Waals surface area contributed by atoms with Crippen LogP contribution < -0.4 is 5.32 Å². The van der Waals surface area contributed by atoms with Crippen LogP contribution in [-0.2, 0) is 9.53 Å². The lowest BCUT2D eigenvalue weighted by atomic mass is 9.99. The van der Waals surface area contributed by atoms with Crippen molar-refractivity contribution in [3.63, 3.8) is 0 Å². The number of nitrogens with one attached hydrogen (secondary N) is 2. The van der Waals surface area contributed by atoms with Gasteiger partial charge >= 0.3 is 0 Å². The summed E-state index contributed by atoms with van der Waals surface area (Å²) in [5.41, 5.74) is 5.68. The molecule has 0 spiro atoms. The molecule has 2 aromatic carbocycles. The van der Waals surface area contributed by atoms with E-state index in [1.807, 2.05) is 53.4 Å². The zero-order valence-electron chi connectivity index (χ0n) is 18.2. The first-order chi connectivity index (χ1) is 16.1. The Bertz CT molecular complexity index is 1320. The van der Waals surface area contributed by atoms with Crippen molar-refractivity contribution in [2.24, 2.45) is 0 Å². The van der Waals surface area contributed by atoms with E-state index < -0.39 is 0 Å². The molecular weight excluding hydrogens is 418 g/mol. The summed E-state index contributed by atoms with van der Waals surface area (Å²) in [4.78, 5) is 30.3. The Kier molecular flexibility index (Phi) is 5.58. The summed E-state index contributed by atoms with van der Waals surface area (Å²) in [6.07, 6.45) is 1.59. The minimum absolute atomic E-state index is 0.0324. The van der Waals surface area contributed by atoms with Gasteiger partial charge in [0.25, 0.3) is 5.91 Å². The second-order valence-corrected chi connectivity index (χ2v) is 7.94. The molecule has 0 aliphatic carbocycles. The van der Waals surface area contributed by atoms with Crippen LogP contribution in [0.4, 0.5) is 5.69 Å². The van der Waals surface area contributed by atoms with E-state index in [4.69, 9.17) is 4.74 Å². The van der Waals surface area contributed by atoms with Gasteiger partial charge in [-0.3, -0.25) is 14.7 Å². The van der Waals surface area contributed by atoms with Crippen LogP contribution in [0.25, 0.3) is 33.4 Å². The summed E-state index contributed by atoms with van der Waals surface area (Å²) >= 11 is 0. The maximum atomic E-state index is 12.7. The molecular formula is C25H23N5O3. The van der Waals surface area contributed by atoms with Crippen LogP contribution in [0.2, 0.25) is 0 Å². The van der Waals surface area contributed by atoms with E-state index in [0.717, 1.165) is 27.8 Å². The number of fused-ring (bicyclic) bond motifs is 1. The van der Waals surface area contributed by atoms with E-state index >= 15 is 0 Å². The Morgan fingerprint density at radius 1 is 1.00 bits per heavy atom. The van der Waals surface area contributed by atoms with Crippen molar-refractivity contribution in [2.45, 2.75) is 6.92 Å². The highest BCUT2D eigenvalue weighted by Gasteiger charge is 2.18. The molecule has 8 heteroatoms. The first-order valence-corrected chi connectivity index (χ1v) is 10.8. The second kappa shape index (κ2) is 8.84. The number of benzene rings is 2. The number of anilines is 1. The SMILES string of the molecule is CC(=O)Nc1cnc2n[nH]c(-c3cccc(-c4ccc(C(=O)N5CCOCC5)cc4)c3)c2c1. The number of amides is 2. The van der Waals surface area contributed by atoms with Crippen molar-refractivity contribution in [1.82, 2.24) is 20.1 Å². The summed E-state index contributed by atoms with van der Waals surface area (Å²) in [7, 11) is 0. The van der Waals surface area contributed by atoms with E-state index in [1.165, 1.54) is 6.92 Å². The van der Waals surface area contributed by atoms with E-state index in [1.54, 1.807) is 6.20 Å². The third-order valence-corrected chi connectivity index (χ3v) is 5.64. The highest BCUT2D eigenvalue weighted by atomic mass is 16.5. The predicted octanol–water partition coefficient (Wildman–Crippen LogP) is 3.72. The fraction of sp³-hybridized carbons (Fsp3) is 0.200. The van der Waals surface area contributed by atoms with Crippen molar-refractivity contribution < 1.29 is 14.3 Å². The lowest BCUT2D eigenvalue weighted by Gasteiger charge is -2.26. The average Bonchev–Trinajstić information content (AvgIpc) is 3.27. The number of hydrogen-bond donors (Lipinski definition) is 2. The van der Waals surface area contributed by atoms with Gasteiger partial charge in [0, 0.05) is 36.5 Å². The van der Waals surface area contributed by atoms with Gasteiger partial charge in [-0.05, 0) is 35.4 Å². The van der Waals surface area contributed by atoms with E-state index in [2.05, 4.69) is 26.6 Å². The van der Waals surface area contributed by atoms with Crippen molar-refractivity contribution >= 4 is 28.5 Å². The summed E-state index contributed by atoms with van der Waals surface area (Å²) in [5, 5.41) is 10.9. The fourth-order valence-corrected chi connectivity index (χ4v) is 4.00. The Labute approximate surface area is 190 Å². The number of nitrogens with zero attached hydrogens (tertiary/aromatic N) is 3. The third-order valence-electron chi connectivity index (χ3n) is 5.64. The third kappa shape index (κ3) is 4.33. The minimum atomic E-state index is -0.154. The van der Waals surface area contributed by atoms with Gasteiger partial charge in [0.2, 0.25) is 5.91 Å². The number of ether oxygens (including phenoxy) is 1. The van der Waals surface area contributed by atoms with E-state index in [-0.39, 0.29) is 11.8 Å². The summed E-state index contributed by atoms with van der Waals surface area (Å²) < 4.78 is 5.33. The van der Waals surface area contributed by atoms with Crippen LogP contribution in [0.1, 0.15) is 17.3 Å². The van der Waals surface area contributed by atoms with E-state index in [0.29, 0.717) is 43.2 Å². The van der Waals surface area contributed by atoms with Crippen LogP contribution in [0, 0.1) is 0 Å². The van der Waals surface area contributed by atoms with Crippen LogP contribution in [0.5, 0.6) is 0 Å². The first kappa shape index (κ1) is 20.8. The van der Waals surface area contributed by atoms with Gasteiger partial charge < -0.3 is 15.0 Å². The van der Waals surface area contributed by atoms with Gasteiger partial charge in [-0.15, -0.1) is 0 Å². The molecule has 1 saturated heterocycles. The normalized spacial score (nSPS) is 13.8. The molecule has 0 radical (unpaired) electrons. The van der Waals surface area contributed by atoms with Gasteiger partial charge in [-0.1, -0.05) is 30.3 Å². The maximum absolute atomic E-state index is 12.7. The topological polar surface area (TPSA) is 100 Å². The molecule has 1 aliphatic heterocycles. The molecule has 5 rings (SSSR count). The van der Waals surface area contributed by atoms with Crippen molar-refractivity contribution in [3.8, 4) is 22.4 Å². The minimum Gasteiger partial charge on any atom is -0.378 e. The molecule has 1 aliphatic rings. The van der Waals surface area contributed by atoms with Crippen LogP contribution in [0.15, 0.2) is 60.8 Å². The number of carbonyl (C=O) groups is 2. The molecule has 0 bridgehead atoms. The van der Waals surface area contributed by atoms with Crippen LogP contribution >= 0.6 is 0 Å². The highest BCUT2D eigenvalue weighted by Crippen LogP contribution is 2.30. The van der Waals surface area contributed by atoms with Gasteiger partial charge in [-0.2, -0.15) is 5.10 Å². The zero-order chi connectivity index (χ0) is 22.8. The summed E-state index contributed by atoms with van der Waals surface area (Å²) in [5.74, 6) is -0.122. The molecule has 2 aromatic heterocycles. The van der Waals surface area contributed by atoms with Crippen molar-refractivity contribution in [3.05, 3.63) is 66.4 Å². The van der Waals surface area contributed by atoms with Crippen molar-refractivity contribution in [1.29, 1.82) is 0 Å². The van der Waals surface area contributed by atoms with Gasteiger partial charge in [0.05, 0.1) is 30.8 Å². The molecule has 0 unspecified atom stereocenters. The Morgan fingerprint density at radius 3 is 2.52 bits per heavy atom. The molecule has 4 aromatic rings. The standard InChI is InChI=1S/C25H23N5O3/c1-16(31)27-21-14-22-23(28-29-24(22)26-15-21)20-4-2-3-19(13-20)17-5-7-18(8-6-17)25(32)30-9-11-33-12-10-30/h2-8,13-15H,9-12H2,1H3,(H,27,31)(H,26,28,29). The molecule has 166 valence electrons.